The summed E-state index contributed by atoms with van der Waals surface area (Å²) in [6.45, 7) is 0. The highest BCUT2D eigenvalue weighted by Gasteiger charge is 2.19. The number of benzene rings is 2. The fraction of sp³-hybridized carbons (Fsp3) is 0.250. The van der Waals surface area contributed by atoms with Crippen LogP contribution in [-0.4, -0.2) is 38.7 Å². The third-order valence-corrected chi connectivity index (χ3v) is 6.08. The molecule has 2 aromatic carbocycles. The predicted molar refractivity (Wildman–Crippen MR) is 113 cm³/mol. The lowest BCUT2D eigenvalue weighted by Gasteiger charge is -2.09. The number of sulfone groups is 1. The number of aryl methyl sites for hydroxylation is 1. The number of hydrogen-bond donors (Lipinski definition) is 1. The van der Waals surface area contributed by atoms with Crippen LogP contribution in [-0.2, 0) is 26.8 Å². The number of carbonyl (C=O) groups excluding carboxylic acids is 1. The molecule has 0 unspecified atom stereocenters. The minimum Gasteiger partial charge on any atom is -0.497 e. The Kier molecular flexibility index (Phi) is 7.13. The molecule has 164 valence electrons. The predicted octanol–water partition coefficient (Wildman–Crippen LogP) is 3.29. The SMILES string of the molecule is COc1cc(NC(=O)CCc2nc(CS(=O)(=O)c3ccc(Cl)cc3)no2)cc(OC)c1. The fourth-order valence-corrected chi connectivity index (χ4v) is 3.97. The molecule has 0 aliphatic rings. The van der Waals surface area contributed by atoms with E-state index in [1.165, 1.54) is 38.5 Å². The summed E-state index contributed by atoms with van der Waals surface area (Å²) < 4.78 is 40.3. The van der Waals surface area contributed by atoms with Crippen molar-refractivity contribution in [3.05, 3.63) is 59.2 Å². The zero-order chi connectivity index (χ0) is 22.4. The van der Waals surface area contributed by atoms with Crippen LogP contribution in [0.3, 0.4) is 0 Å². The van der Waals surface area contributed by atoms with Crippen molar-refractivity contribution in [3.8, 4) is 11.5 Å². The number of aromatic nitrogens is 2. The molecule has 0 radical (unpaired) electrons. The Morgan fingerprint density at radius 3 is 2.35 bits per heavy atom. The van der Waals surface area contributed by atoms with E-state index in [9.17, 15) is 13.2 Å². The molecule has 0 atom stereocenters. The normalized spacial score (nSPS) is 11.2. The Hall–Kier alpha value is -3.11. The number of nitrogens with one attached hydrogen (secondary N) is 1. The number of ether oxygens (including phenoxy) is 2. The van der Waals surface area contributed by atoms with Gasteiger partial charge in [-0.25, -0.2) is 8.42 Å². The lowest BCUT2D eigenvalue weighted by Crippen LogP contribution is -2.12. The van der Waals surface area contributed by atoms with E-state index in [0.29, 0.717) is 22.2 Å². The van der Waals surface area contributed by atoms with E-state index in [0.717, 1.165) is 0 Å². The van der Waals surface area contributed by atoms with Crippen molar-refractivity contribution in [1.82, 2.24) is 10.1 Å². The van der Waals surface area contributed by atoms with Crippen molar-refractivity contribution in [3.63, 3.8) is 0 Å². The summed E-state index contributed by atoms with van der Waals surface area (Å²) in [5, 5.41) is 6.87. The van der Waals surface area contributed by atoms with E-state index in [2.05, 4.69) is 15.5 Å². The molecule has 11 heteroatoms. The Morgan fingerprint density at radius 1 is 1.10 bits per heavy atom. The van der Waals surface area contributed by atoms with Gasteiger partial charge in [0, 0.05) is 41.8 Å². The molecule has 0 aliphatic heterocycles. The number of methoxy groups -OCH3 is 2. The van der Waals surface area contributed by atoms with Crippen LogP contribution in [0, 0.1) is 0 Å². The van der Waals surface area contributed by atoms with Crippen LogP contribution < -0.4 is 14.8 Å². The van der Waals surface area contributed by atoms with Gasteiger partial charge in [-0.1, -0.05) is 16.8 Å². The third-order valence-electron chi connectivity index (χ3n) is 4.20. The highest BCUT2D eigenvalue weighted by atomic mass is 35.5. The van der Waals surface area contributed by atoms with Gasteiger partial charge in [0.1, 0.15) is 17.3 Å². The van der Waals surface area contributed by atoms with Gasteiger partial charge in [-0.3, -0.25) is 4.79 Å². The molecule has 1 amide bonds. The molecule has 0 saturated heterocycles. The van der Waals surface area contributed by atoms with Crippen molar-refractivity contribution in [2.45, 2.75) is 23.5 Å². The average Bonchev–Trinajstić information content (AvgIpc) is 3.18. The first kappa shape index (κ1) is 22.6. The Bertz CT molecular complexity index is 1140. The van der Waals surface area contributed by atoms with E-state index in [-0.39, 0.29) is 35.4 Å². The standard InChI is InChI=1S/C20H20ClN3O6S/c1-28-15-9-14(10-16(11-15)29-2)22-19(25)7-8-20-23-18(24-30-20)12-31(26,27)17-5-3-13(21)4-6-17/h3-6,9-11H,7-8,12H2,1-2H3,(H,22,25). The van der Waals surface area contributed by atoms with Crippen LogP contribution in [0.5, 0.6) is 11.5 Å². The highest BCUT2D eigenvalue weighted by Crippen LogP contribution is 2.26. The molecule has 1 N–H and O–H groups in total. The number of nitrogens with zero attached hydrogens (tertiary/aromatic N) is 2. The number of rotatable bonds is 9. The second kappa shape index (κ2) is 9.80. The zero-order valence-electron chi connectivity index (χ0n) is 16.8. The minimum atomic E-state index is -3.65. The van der Waals surface area contributed by atoms with Gasteiger partial charge in [0.15, 0.2) is 15.7 Å². The van der Waals surface area contributed by atoms with Gasteiger partial charge in [0.25, 0.3) is 0 Å². The van der Waals surface area contributed by atoms with Gasteiger partial charge >= 0.3 is 0 Å². The maximum Gasteiger partial charge on any atom is 0.227 e. The van der Waals surface area contributed by atoms with E-state index in [1.54, 1.807) is 18.2 Å². The number of amides is 1. The first-order valence-electron chi connectivity index (χ1n) is 9.12. The second-order valence-corrected chi connectivity index (χ2v) is 8.89. The van der Waals surface area contributed by atoms with Crippen molar-refractivity contribution >= 4 is 33.0 Å². The maximum atomic E-state index is 12.4. The lowest BCUT2D eigenvalue weighted by molar-refractivity contribution is -0.116. The smallest absolute Gasteiger partial charge is 0.227 e. The van der Waals surface area contributed by atoms with Crippen molar-refractivity contribution in [2.24, 2.45) is 0 Å². The summed E-state index contributed by atoms with van der Waals surface area (Å²) in [6.07, 6.45) is 0.214. The average molecular weight is 466 g/mol. The van der Waals surface area contributed by atoms with Gasteiger partial charge in [-0.05, 0) is 24.3 Å². The van der Waals surface area contributed by atoms with Gasteiger partial charge in [0.05, 0.1) is 19.1 Å². The van der Waals surface area contributed by atoms with Gasteiger partial charge in [-0.15, -0.1) is 0 Å². The first-order valence-corrected chi connectivity index (χ1v) is 11.1. The number of hydrogen-bond acceptors (Lipinski definition) is 8. The third kappa shape index (κ3) is 6.19. The van der Waals surface area contributed by atoms with Crippen molar-refractivity contribution in [1.29, 1.82) is 0 Å². The number of carbonyl (C=O) groups is 1. The molecule has 1 heterocycles. The van der Waals surface area contributed by atoms with E-state index in [1.807, 2.05) is 0 Å². The summed E-state index contributed by atoms with van der Waals surface area (Å²) >= 11 is 5.79. The molecule has 3 aromatic rings. The Labute approximate surface area is 184 Å². The van der Waals surface area contributed by atoms with Crippen LogP contribution in [0.25, 0.3) is 0 Å². The summed E-state index contributed by atoms with van der Waals surface area (Å²) in [6, 6.07) is 10.8. The van der Waals surface area contributed by atoms with Crippen LogP contribution in [0.2, 0.25) is 5.02 Å². The van der Waals surface area contributed by atoms with Crippen molar-refractivity contribution < 1.29 is 27.2 Å². The summed E-state index contributed by atoms with van der Waals surface area (Å²) in [4.78, 5) is 16.4. The maximum absolute atomic E-state index is 12.4. The molecule has 0 bridgehead atoms. The van der Waals surface area contributed by atoms with Crippen LogP contribution >= 0.6 is 11.6 Å². The number of halogens is 1. The largest absolute Gasteiger partial charge is 0.497 e. The van der Waals surface area contributed by atoms with E-state index < -0.39 is 15.6 Å². The second-order valence-electron chi connectivity index (χ2n) is 6.47. The summed E-state index contributed by atoms with van der Waals surface area (Å²) in [5.41, 5.74) is 0.515. The summed E-state index contributed by atoms with van der Waals surface area (Å²) in [7, 11) is -0.620. The fourth-order valence-electron chi connectivity index (χ4n) is 2.67. The lowest BCUT2D eigenvalue weighted by atomic mass is 10.2. The molecule has 0 fully saturated rings. The molecular formula is C20H20ClN3O6S. The molecule has 1 aromatic heterocycles. The highest BCUT2D eigenvalue weighted by molar-refractivity contribution is 7.90. The zero-order valence-corrected chi connectivity index (χ0v) is 18.4. The molecule has 9 nitrogen and oxygen atoms in total. The number of anilines is 1. The van der Waals surface area contributed by atoms with Crippen LogP contribution in [0.15, 0.2) is 51.9 Å². The summed E-state index contributed by atoms with van der Waals surface area (Å²) in [5.74, 6) is 0.552. The van der Waals surface area contributed by atoms with Gasteiger partial charge in [0.2, 0.25) is 11.8 Å². The van der Waals surface area contributed by atoms with E-state index >= 15 is 0 Å². The van der Waals surface area contributed by atoms with E-state index in [4.69, 9.17) is 25.6 Å². The quantitative estimate of drug-likeness (QED) is 0.511. The first-order chi connectivity index (χ1) is 14.8. The monoisotopic (exact) mass is 465 g/mol. The molecular weight excluding hydrogens is 446 g/mol. The molecule has 31 heavy (non-hydrogen) atoms. The molecule has 0 spiro atoms. The van der Waals surface area contributed by atoms with Crippen molar-refractivity contribution in [2.75, 3.05) is 19.5 Å². The van der Waals surface area contributed by atoms with Crippen LogP contribution in [0.4, 0.5) is 5.69 Å². The van der Waals surface area contributed by atoms with Crippen LogP contribution in [0.1, 0.15) is 18.1 Å². The molecule has 0 saturated carbocycles. The Balaban J connectivity index is 1.57. The molecule has 3 rings (SSSR count). The molecule has 0 aliphatic carbocycles. The Morgan fingerprint density at radius 2 is 1.74 bits per heavy atom. The minimum absolute atomic E-state index is 0.0166. The van der Waals surface area contributed by atoms with Gasteiger partial charge in [-0.2, -0.15) is 4.98 Å². The topological polar surface area (TPSA) is 121 Å². The van der Waals surface area contributed by atoms with Gasteiger partial charge < -0.3 is 19.3 Å².